The molecule has 3 unspecified atom stereocenters. The van der Waals surface area contributed by atoms with Crippen LogP contribution in [0.25, 0.3) is 0 Å². The Balaban J connectivity index is 1.88. The van der Waals surface area contributed by atoms with E-state index in [1.807, 2.05) is 0 Å². The molecule has 3 atom stereocenters. The van der Waals surface area contributed by atoms with E-state index in [2.05, 4.69) is 25.7 Å². The highest BCUT2D eigenvalue weighted by Gasteiger charge is 2.32. The minimum atomic E-state index is 0.663. The minimum absolute atomic E-state index is 0.663. The molecule has 2 nitrogen and oxygen atoms in total. The molecule has 2 fully saturated rings. The van der Waals surface area contributed by atoms with Gasteiger partial charge in [-0.3, -0.25) is 4.90 Å². The number of nitrogens with zero attached hydrogens (tertiary/aromatic N) is 1. The Labute approximate surface area is 120 Å². The lowest BCUT2D eigenvalue weighted by Crippen LogP contribution is -2.50. The first kappa shape index (κ1) is 15.3. The maximum absolute atomic E-state index is 6.13. The summed E-state index contributed by atoms with van der Waals surface area (Å²) < 4.78 is 0. The number of hydrogen-bond acceptors (Lipinski definition) is 2. The fourth-order valence-corrected chi connectivity index (χ4v) is 4.39. The third-order valence-corrected chi connectivity index (χ3v) is 5.75. The standard InChI is InChI=1S/C17H34N2/c1-13(2)15-7-9-19(10-8-15)17(12-18)16-6-4-5-14(3)11-16/h13-17H,4-12,18H2,1-3H3. The average Bonchev–Trinajstić information content (AvgIpc) is 2.40. The van der Waals surface area contributed by atoms with Crippen LogP contribution in [0, 0.1) is 23.7 Å². The Morgan fingerprint density at radius 2 is 1.74 bits per heavy atom. The lowest BCUT2D eigenvalue weighted by atomic mass is 9.77. The van der Waals surface area contributed by atoms with Gasteiger partial charge >= 0.3 is 0 Å². The molecule has 1 heterocycles. The highest BCUT2D eigenvalue weighted by atomic mass is 15.2. The molecular weight excluding hydrogens is 232 g/mol. The van der Waals surface area contributed by atoms with Crippen molar-refractivity contribution >= 4 is 0 Å². The molecule has 0 radical (unpaired) electrons. The van der Waals surface area contributed by atoms with Gasteiger partial charge in [-0.2, -0.15) is 0 Å². The largest absolute Gasteiger partial charge is 0.329 e. The molecule has 2 rings (SSSR count). The van der Waals surface area contributed by atoms with E-state index in [0.29, 0.717) is 6.04 Å². The van der Waals surface area contributed by atoms with Crippen molar-refractivity contribution in [3.63, 3.8) is 0 Å². The van der Waals surface area contributed by atoms with Crippen LogP contribution in [-0.2, 0) is 0 Å². The zero-order chi connectivity index (χ0) is 13.8. The average molecular weight is 266 g/mol. The van der Waals surface area contributed by atoms with Gasteiger partial charge < -0.3 is 5.73 Å². The highest BCUT2D eigenvalue weighted by molar-refractivity contribution is 4.87. The van der Waals surface area contributed by atoms with Crippen molar-refractivity contribution in [2.75, 3.05) is 19.6 Å². The Morgan fingerprint density at radius 1 is 1.05 bits per heavy atom. The van der Waals surface area contributed by atoms with Crippen LogP contribution >= 0.6 is 0 Å². The van der Waals surface area contributed by atoms with Gasteiger partial charge in [0.25, 0.3) is 0 Å². The lowest BCUT2D eigenvalue weighted by Gasteiger charge is -2.43. The maximum atomic E-state index is 6.13. The second-order valence-electron chi connectivity index (χ2n) is 7.45. The monoisotopic (exact) mass is 266 g/mol. The van der Waals surface area contributed by atoms with Gasteiger partial charge in [0.2, 0.25) is 0 Å². The van der Waals surface area contributed by atoms with Gasteiger partial charge in [0.15, 0.2) is 0 Å². The summed E-state index contributed by atoms with van der Waals surface area (Å²) in [5.74, 6) is 3.58. The summed E-state index contributed by atoms with van der Waals surface area (Å²) >= 11 is 0. The molecule has 1 saturated carbocycles. The number of nitrogens with two attached hydrogens (primary N) is 1. The lowest BCUT2D eigenvalue weighted by molar-refractivity contribution is 0.0656. The topological polar surface area (TPSA) is 29.3 Å². The molecular formula is C17H34N2. The van der Waals surface area contributed by atoms with Crippen LogP contribution in [0.2, 0.25) is 0 Å². The van der Waals surface area contributed by atoms with Crippen LogP contribution < -0.4 is 5.73 Å². The molecule has 0 aromatic heterocycles. The SMILES string of the molecule is CC1CCCC(C(CN)N2CCC(C(C)C)CC2)C1. The van der Waals surface area contributed by atoms with Crippen molar-refractivity contribution < 1.29 is 0 Å². The van der Waals surface area contributed by atoms with Crippen LogP contribution in [0.3, 0.4) is 0 Å². The van der Waals surface area contributed by atoms with Crippen LogP contribution in [0.4, 0.5) is 0 Å². The summed E-state index contributed by atoms with van der Waals surface area (Å²) in [6, 6.07) is 0.663. The van der Waals surface area contributed by atoms with Crippen LogP contribution in [-0.4, -0.2) is 30.6 Å². The number of rotatable bonds is 4. The first-order valence-corrected chi connectivity index (χ1v) is 8.56. The van der Waals surface area contributed by atoms with Gasteiger partial charge in [0.05, 0.1) is 0 Å². The summed E-state index contributed by atoms with van der Waals surface area (Å²) in [7, 11) is 0. The number of likely N-dealkylation sites (tertiary alicyclic amines) is 1. The summed E-state index contributed by atoms with van der Waals surface area (Å²) in [6.07, 6.45) is 8.45. The van der Waals surface area contributed by atoms with Gasteiger partial charge in [0, 0.05) is 12.6 Å². The summed E-state index contributed by atoms with van der Waals surface area (Å²) in [4.78, 5) is 2.72. The molecule has 2 aliphatic rings. The van der Waals surface area contributed by atoms with Crippen molar-refractivity contribution in [3.8, 4) is 0 Å². The quantitative estimate of drug-likeness (QED) is 0.844. The second kappa shape index (κ2) is 7.08. The second-order valence-corrected chi connectivity index (χ2v) is 7.45. The zero-order valence-electron chi connectivity index (χ0n) is 13.3. The smallest absolute Gasteiger partial charge is 0.0246 e. The van der Waals surface area contributed by atoms with E-state index in [1.54, 1.807) is 0 Å². The minimum Gasteiger partial charge on any atom is -0.329 e. The Bertz CT molecular complexity index is 256. The number of hydrogen-bond donors (Lipinski definition) is 1. The van der Waals surface area contributed by atoms with Crippen LogP contribution in [0.5, 0.6) is 0 Å². The fraction of sp³-hybridized carbons (Fsp3) is 1.00. The normalized spacial score (nSPS) is 32.7. The summed E-state index contributed by atoms with van der Waals surface area (Å²) in [5.41, 5.74) is 6.13. The van der Waals surface area contributed by atoms with E-state index in [0.717, 1.165) is 30.2 Å². The van der Waals surface area contributed by atoms with E-state index < -0.39 is 0 Å². The molecule has 0 aromatic carbocycles. The molecule has 2 N–H and O–H groups in total. The molecule has 1 aliphatic heterocycles. The maximum Gasteiger partial charge on any atom is 0.0246 e. The highest BCUT2D eigenvalue weighted by Crippen LogP contribution is 2.34. The summed E-state index contributed by atoms with van der Waals surface area (Å²) in [6.45, 7) is 10.6. The molecule has 19 heavy (non-hydrogen) atoms. The van der Waals surface area contributed by atoms with Crippen LogP contribution in [0.15, 0.2) is 0 Å². The zero-order valence-corrected chi connectivity index (χ0v) is 13.3. The van der Waals surface area contributed by atoms with Gasteiger partial charge in [-0.05, 0) is 62.4 Å². The predicted molar refractivity (Wildman–Crippen MR) is 83.1 cm³/mol. The molecule has 112 valence electrons. The van der Waals surface area contributed by atoms with E-state index in [4.69, 9.17) is 5.73 Å². The van der Waals surface area contributed by atoms with Gasteiger partial charge in [0.1, 0.15) is 0 Å². The fourth-order valence-electron chi connectivity index (χ4n) is 4.39. The third kappa shape index (κ3) is 3.95. The van der Waals surface area contributed by atoms with Gasteiger partial charge in [-0.1, -0.05) is 33.6 Å². The van der Waals surface area contributed by atoms with E-state index in [1.165, 1.54) is 51.6 Å². The first-order chi connectivity index (χ1) is 9.11. The first-order valence-electron chi connectivity index (χ1n) is 8.56. The molecule has 0 aromatic rings. The van der Waals surface area contributed by atoms with E-state index >= 15 is 0 Å². The Hall–Kier alpha value is -0.0800. The van der Waals surface area contributed by atoms with E-state index in [9.17, 15) is 0 Å². The van der Waals surface area contributed by atoms with Crippen molar-refractivity contribution in [3.05, 3.63) is 0 Å². The van der Waals surface area contributed by atoms with Crippen LogP contribution in [0.1, 0.15) is 59.3 Å². The van der Waals surface area contributed by atoms with Gasteiger partial charge in [-0.15, -0.1) is 0 Å². The predicted octanol–water partition coefficient (Wildman–Crippen LogP) is 3.51. The Morgan fingerprint density at radius 3 is 2.26 bits per heavy atom. The molecule has 2 heteroatoms. The summed E-state index contributed by atoms with van der Waals surface area (Å²) in [5, 5.41) is 0. The van der Waals surface area contributed by atoms with Crippen molar-refractivity contribution in [2.45, 2.75) is 65.3 Å². The van der Waals surface area contributed by atoms with Crippen molar-refractivity contribution in [1.82, 2.24) is 4.90 Å². The molecule has 0 spiro atoms. The number of piperidine rings is 1. The molecule has 0 bridgehead atoms. The molecule has 1 aliphatic carbocycles. The molecule has 1 saturated heterocycles. The van der Waals surface area contributed by atoms with E-state index in [-0.39, 0.29) is 0 Å². The Kier molecular flexibility index (Phi) is 5.70. The van der Waals surface area contributed by atoms with Gasteiger partial charge in [-0.25, -0.2) is 0 Å². The van der Waals surface area contributed by atoms with Crippen molar-refractivity contribution in [2.24, 2.45) is 29.4 Å². The third-order valence-electron chi connectivity index (χ3n) is 5.75. The molecule has 0 amide bonds. The van der Waals surface area contributed by atoms with Crippen molar-refractivity contribution in [1.29, 1.82) is 0 Å².